The van der Waals surface area contributed by atoms with Gasteiger partial charge in [-0.2, -0.15) is 4.98 Å². The van der Waals surface area contributed by atoms with Crippen molar-refractivity contribution in [1.82, 2.24) is 14.7 Å². The second-order valence-electron chi connectivity index (χ2n) is 7.55. The minimum absolute atomic E-state index is 0.00417. The van der Waals surface area contributed by atoms with Crippen molar-refractivity contribution in [2.24, 2.45) is 0 Å². The fraction of sp³-hybridized carbons (Fsp3) is 0.474. The Morgan fingerprint density at radius 3 is 2.62 bits per heavy atom. The first kappa shape index (κ1) is 20.0. The van der Waals surface area contributed by atoms with Gasteiger partial charge >= 0.3 is 0 Å². The second kappa shape index (κ2) is 7.51. The largest absolute Gasteiger partial charge is 0.371 e. The van der Waals surface area contributed by atoms with E-state index in [0.29, 0.717) is 18.8 Å². The summed E-state index contributed by atoms with van der Waals surface area (Å²) in [6.45, 7) is 3.13. The molecule has 1 aliphatic heterocycles. The zero-order valence-electron chi connectivity index (χ0n) is 16.4. The molecule has 4 rings (SSSR count). The third-order valence-corrected chi connectivity index (χ3v) is 7.00. The summed E-state index contributed by atoms with van der Waals surface area (Å²) in [7, 11) is -2.15. The van der Waals surface area contributed by atoms with E-state index in [9.17, 15) is 12.8 Å². The van der Waals surface area contributed by atoms with Crippen LogP contribution in [0.15, 0.2) is 35.4 Å². The molecule has 10 heteroatoms. The molecule has 1 aromatic carbocycles. The van der Waals surface area contributed by atoms with Gasteiger partial charge in [-0.05, 0) is 57.5 Å². The molecule has 2 heterocycles. The molecule has 1 saturated carbocycles. The van der Waals surface area contributed by atoms with Crippen molar-refractivity contribution in [1.29, 1.82) is 0 Å². The highest BCUT2D eigenvalue weighted by Crippen LogP contribution is 2.40. The number of aromatic nitrogens is 2. The van der Waals surface area contributed by atoms with Crippen LogP contribution in [0.5, 0.6) is 0 Å². The van der Waals surface area contributed by atoms with E-state index in [1.54, 1.807) is 12.1 Å². The standard InChI is InChI=1S/C19H24FN5O3S/c1-13-11-28-19(8-3-9-19)12-25(13)17-16(20)10-22-18(24-17)23-14-4-6-15(7-5-14)29(26,27)21-2/h4-7,10,13,21H,3,8-9,11-12H2,1-2H3,(H,22,23,24)/t13-/m0/s1. The van der Waals surface area contributed by atoms with Gasteiger partial charge in [0.15, 0.2) is 11.6 Å². The van der Waals surface area contributed by atoms with Crippen molar-refractivity contribution in [2.45, 2.75) is 42.7 Å². The number of rotatable bonds is 5. The third-order valence-electron chi connectivity index (χ3n) is 5.57. The number of nitrogens with zero attached hydrogens (tertiary/aromatic N) is 3. The van der Waals surface area contributed by atoms with Crippen LogP contribution in [0.2, 0.25) is 0 Å². The number of morpholine rings is 1. The van der Waals surface area contributed by atoms with Gasteiger partial charge < -0.3 is 15.0 Å². The van der Waals surface area contributed by atoms with Gasteiger partial charge in [0.1, 0.15) is 0 Å². The van der Waals surface area contributed by atoms with Gasteiger partial charge in [-0.25, -0.2) is 22.5 Å². The molecule has 1 aliphatic carbocycles. The van der Waals surface area contributed by atoms with Gasteiger partial charge in [0, 0.05) is 12.2 Å². The fourth-order valence-electron chi connectivity index (χ4n) is 3.64. The first-order chi connectivity index (χ1) is 13.8. The monoisotopic (exact) mass is 421 g/mol. The SMILES string of the molecule is CNS(=O)(=O)c1ccc(Nc2ncc(F)c(N3CC4(CCC4)OC[C@@H]3C)n2)cc1. The Morgan fingerprint density at radius 1 is 1.28 bits per heavy atom. The van der Waals surface area contributed by atoms with Crippen molar-refractivity contribution >= 4 is 27.5 Å². The topological polar surface area (TPSA) is 96.5 Å². The maximum absolute atomic E-state index is 14.6. The first-order valence-electron chi connectivity index (χ1n) is 9.56. The van der Waals surface area contributed by atoms with E-state index in [1.165, 1.54) is 19.2 Å². The molecule has 2 aromatic rings. The van der Waals surface area contributed by atoms with Crippen LogP contribution in [0.1, 0.15) is 26.2 Å². The Bertz CT molecular complexity index is 995. The number of halogens is 1. The van der Waals surface area contributed by atoms with Gasteiger partial charge in [-0.15, -0.1) is 0 Å². The molecular formula is C19H24FN5O3S. The molecule has 0 amide bonds. The van der Waals surface area contributed by atoms with Gasteiger partial charge in [-0.3, -0.25) is 0 Å². The molecule has 1 spiro atoms. The summed E-state index contributed by atoms with van der Waals surface area (Å²) in [5.41, 5.74) is 0.412. The highest BCUT2D eigenvalue weighted by Gasteiger charge is 2.45. The summed E-state index contributed by atoms with van der Waals surface area (Å²) in [6.07, 6.45) is 4.24. The molecule has 2 fully saturated rings. The first-order valence-corrected chi connectivity index (χ1v) is 11.0. The van der Waals surface area contributed by atoms with Crippen LogP contribution in [-0.4, -0.2) is 50.2 Å². The maximum Gasteiger partial charge on any atom is 0.240 e. The predicted octanol–water partition coefficient (Wildman–Crippen LogP) is 2.42. The van der Waals surface area contributed by atoms with Gasteiger partial charge in [-0.1, -0.05) is 0 Å². The highest BCUT2D eigenvalue weighted by atomic mass is 32.2. The number of sulfonamides is 1. The molecule has 0 radical (unpaired) electrons. The van der Waals surface area contributed by atoms with Crippen LogP contribution < -0.4 is 14.9 Å². The summed E-state index contributed by atoms with van der Waals surface area (Å²) in [5, 5.41) is 3.01. The van der Waals surface area contributed by atoms with E-state index in [2.05, 4.69) is 20.0 Å². The van der Waals surface area contributed by atoms with Crippen LogP contribution in [-0.2, 0) is 14.8 Å². The predicted molar refractivity (Wildman–Crippen MR) is 107 cm³/mol. The molecule has 1 saturated heterocycles. The molecule has 8 nitrogen and oxygen atoms in total. The van der Waals surface area contributed by atoms with Crippen LogP contribution in [0.3, 0.4) is 0 Å². The number of hydrogen-bond acceptors (Lipinski definition) is 7. The minimum atomic E-state index is -3.51. The highest BCUT2D eigenvalue weighted by molar-refractivity contribution is 7.89. The fourth-order valence-corrected chi connectivity index (χ4v) is 4.37. The molecule has 2 N–H and O–H groups in total. The van der Waals surface area contributed by atoms with Crippen LogP contribution in [0.25, 0.3) is 0 Å². The van der Waals surface area contributed by atoms with E-state index in [1.807, 2.05) is 11.8 Å². The van der Waals surface area contributed by atoms with Crippen LogP contribution in [0.4, 0.5) is 21.8 Å². The van der Waals surface area contributed by atoms with E-state index in [4.69, 9.17) is 4.74 Å². The summed E-state index contributed by atoms with van der Waals surface area (Å²) < 4.78 is 46.5. The van der Waals surface area contributed by atoms with Gasteiger partial charge in [0.25, 0.3) is 0 Å². The average molecular weight is 421 g/mol. The summed E-state index contributed by atoms with van der Waals surface area (Å²) >= 11 is 0. The Balaban J connectivity index is 1.55. The zero-order valence-corrected chi connectivity index (χ0v) is 17.2. The van der Waals surface area contributed by atoms with E-state index in [0.717, 1.165) is 25.5 Å². The summed E-state index contributed by atoms with van der Waals surface area (Å²) in [5.74, 6) is 0.0140. The summed E-state index contributed by atoms with van der Waals surface area (Å²) in [4.78, 5) is 10.5. The molecule has 29 heavy (non-hydrogen) atoms. The lowest BCUT2D eigenvalue weighted by Gasteiger charge is -2.51. The van der Waals surface area contributed by atoms with Crippen LogP contribution in [0, 0.1) is 5.82 Å². The van der Waals surface area contributed by atoms with Gasteiger partial charge in [0.2, 0.25) is 16.0 Å². The summed E-state index contributed by atoms with van der Waals surface area (Å²) in [6, 6.07) is 6.17. The minimum Gasteiger partial charge on any atom is -0.371 e. The maximum atomic E-state index is 14.6. The Morgan fingerprint density at radius 2 is 2.00 bits per heavy atom. The molecule has 2 aliphatic rings. The van der Waals surface area contributed by atoms with Crippen molar-refractivity contribution < 1.29 is 17.5 Å². The van der Waals surface area contributed by atoms with E-state index < -0.39 is 15.8 Å². The normalized spacial score (nSPS) is 21.1. The third kappa shape index (κ3) is 3.92. The number of hydrogen-bond donors (Lipinski definition) is 2. The molecule has 1 aromatic heterocycles. The molecule has 1 atom stereocenters. The van der Waals surface area contributed by atoms with Crippen molar-refractivity contribution in [3.05, 3.63) is 36.3 Å². The molecule has 0 unspecified atom stereocenters. The Kier molecular flexibility index (Phi) is 5.18. The lowest BCUT2D eigenvalue weighted by Crippen LogP contribution is -2.59. The van der Waals surface area contributed by atoms with Crippen molar-refractivity contribution in [2.75, 3.05) is 30.4 Å². The molecule has 156 valence electrons. The van der Waals surface area contributed by atoms with E-state index >= 15 is 0 Å². The van der Waals surface area contributed by atoms with Gasteiger partial charge in [0.05, 0.1) is 29.3 Å². The van der Waals surface area contributed by atoms with Crippen molar-refractivity contribution in [3.63, 3.8) is 0 Å². The lowest BCUT2D eigenvalue weighted by atomic mass is 9.78. The molecule has 0 bridgehead atoms. The van der Waals surface area contributed by atoms with Crippen LogP contribution >= 0.6 is 0 Å². The number of anilines is 3. The molecular weight excluding hydrogens is 397 g/mol. The van der Waals surface area contributed by atoms with Crippen molar-refractivity contribution in [3.8, 4) is 0 Å². The zero-order chi connectivity index (χ0) is 20.6. The number of ether oxygens (including phenoxy) is 1. The average Bonchev–Trinajstić information content (AvgIpc) is 2.69. The smallest absolute Gasteiger partial charge is 0.240 e. The number of benzene rings is 1. The van der Waals surface area contributed by atoms with E-state index in [-0.39, 0.29) is 28.3 Å². The quantitative estimate of drug-likeness (QED) is 0.765. The Hall–Kier alpha value is -2.30. The number of nitrogens with one attached hydrogen (secondary N) is 2. The second-order valence-corrected chi connectivity index (χ2v) is 9.43. The lowest BCUT2D eigenvalue weighted by molar-refractivity contribution is -0.117. The Labute approximate surface area is 169 Å².